The number of benzene rings is 1. The Labute approximate surface area is 169 Å². The first-order chi connectivity index (χ1) is 13.5. The Kier molecular flexibility index (Phi) is 5.37. The first-order valence-electron chi connectivity index (χ1n) is 9.57. The van der Waals surface area contributed by atoms with E-state index in [9.17, 15) is 4.79 Å². The van der Waals surface area contributed by atoms with Crippen LogP contribution in [0.15, 0.2) is 24.3 Å². The standard InChI is InChI=1S/C20H24ClN5O2/c1-12-9-18(25-20(22)23-12)26-7-2-8-28-11-17(26)15-10-13(3-6-16(15)21)19(27)24-14-4-5-14/h3,6,9-10,14,17H,2,4-5,7-8,11H2,1H3,(H,24,27)(H2,22,23,25). The zero-order chi connectivity index (χ0) is 19.7. The van der Waals surface area contributed by atoms with Crippen LogP contribution >= 0.6 is 11.6 Å². The smallest absolute Gasteiger partial charge is 0.251 e. The van der Waals surface area contributed by atoms with Crippen molar-refractivity contribution in [2.75, 3.05) is 30.4 Å². The maximum absolute atomic E-state index is 12.5. The lowest BCUT2D eigenvalue weighted by Gasteiger charge is -2.31. The van der Waals surface area contributed by atoms with Gasteiger partial charge in [0.1, 0.15) is 5.82 Å². The van der Waals surface area contributed by atoms with Crippen LogP contribution in [-0.2, 0) is 4.74 Å². The molecule has 1 aliphatic heterocycles. The van der Waals surface area contributed by atoms with Crippen molar-refractivity contribution < 1.29 is 9.53 Å². The van der Waals surface area contributed by atoms with E-state index in [1.165, 1.54) is 0 Å². The number of nitrogens with one attached hydrogen (secondary N) is 1. The number of carbonyl (C=O) groups is 1. The topological polar surface area (TPSA) is 93.4 Å². The molecular formula is C20H24ClN5O2. The summed E-state index contributed by atoms with van der Waals surface area (Å²) < 4.78 is 5.83. The third kappa shape index (κ3) is 4.20. The molecule has 1 atom stereocenters. The minimum atomic E-state index is -0.169. The van der Waals surface area contributed by atoms with Crippen LogP contribution in [0, 0.1) is 6.92 Å². The number of amides is 1. The van der Waals surface area contributed by atoms with E-state index < -0.39 is 0 Å². The van der Waals surface area contributed by atoms with Crippen molar-refractivity contribution >= 4 is 29.3 Å². The van der Waals surface area contributed by atoms with E-state index in [0.717, 1.165) is 42.9 Å². The molecule has 2 aliphatic rings. The van der Waals surface area contributed by atoms with Gasteiger partial charge >= 0.3 is 0 Å². The van der Waals surface area contributed by atoms with Gasteiger partial charge in [0.2, 0.25) is 5.95 Å². The molecule has 0 spiro atoms. The summed E-state index contributed by atoms with van der Waals surface area (Å²) in [6.45, 7) is 3.75. The molecule has 7 nitrogen and oxygen atoms in total. The van der Waals surface area contributed by atoms with Crippen LogP contribution in [0.25, 0.3) is 0 Å². The van der Waals surface area contributed by atoms with Crippen LogP contribution < -0.4 is 16.0 Å². The van der Waals surface area contributed by atoms with E-state index >= 15 is 0 Å². The first kappa shape index (κ1) is 19.0. The number of nitrogens with two attached hydrogens (primary N) is 1. The third-order valence-corrected chi connectivity index (χ3v) is 5.37. The quantitative estimate of drug-likeness (QED) is 0.818. The molecule has 148 valence electrons. The summed E-state index contributed by atoms with van der Waals surface area (Å²) in [7, 11) is 0. The monoisotopic (exact) mass is 401 g/mol. The molecule has 0 bridgehead atoms. The Balaban J connectivity index is 1.70. The lowest BCUT2D eigenvalue weighted by molar-refractivity contribution is 0.0950. The molecule has 1 unspecified atom stereocenters. The van der Waals surface area contributed by atoms with Gasteiger partial charge < -0.3 is 20.7 Å². The molecule has 28 heavy (non-hydrogen) atoms. The minimum absolute atomic E-state index is 0.0661. The second-order valence-electron chi connectivity index (χ2n) is 7.35. The highest BCUT2D eigenvalue weighted by atomic mass is 35.5. The number of aromatic nitrogens is 2. The van der Waals surface area contributed by atoms with Crippen molar-refractivity contribution in [1.29, 1.82) is 0 Å². The SMILES string of the molecule is Cc1cc(N2CCCOCC2c2cc(C(=O)NC3CC3)ccc2Cl)nc(N)n1. The van der Waals surface area contributed by atoms with Gasteiger partial charge in [0.05, 0.1) is 12.6 Å². The van der Waals surface area contributed by atoms with Crippen molar-refractivity contribution in [2.45, 2.75) is 38.3 Å². The first-order valence-corrected chi connectivity index (χ1v) is 9.95. The van der Waals surface area contributed by atoms with Gasteiger partial charge in [0, 0.05) is 41.5 Å². The Morgan fingerprint density at radius 1 is 1.32 bits per heavy atom. The van der Waals surface area contributed by atoms with Gasteiger partial charge in [-0.15, -0.1) is 0 Å². The molecule has 1 amide bonds. The molecule has 0 radical (unpaired) electrons. The molecule has 1 saturated carbocycles. The minimum Gasteiger partial charge on any atom is -0.379 e. The molecule has 3 N–H and O–H groups in total. The predicted octanol–water partition coefficient (Wildman–Crippen LogP) is 2.88. The molecule has 8 heteroatoms. The van der Waals surface area contributed by atoms with Gasteiger partial charge in [-0.2, -0.15) is 4.98 Å². The largest absolute Gasteiger partial charge is 0.379 e. The highest BCUT2D eigenvalue weighted by Crippen LogP contribution is 2.34. The number of rotatable bonds is 4. The molecule has 4 rings (SSSR count). The van der Waals surface area contributed by atoms with Gasteiger partial charge in [-0.05, 0) is 49.9 Å². The molecule has 1 aliphatic carbocycles. The molecule has 1 aromatic heterocycles. The van der Waals surface area contributed by atoms with E-state index in [1.807, 2.05) is 19.1 Å². The molecule has 2 aromatic rings. The Hall–Kier alpha value is -2.38. The number of carbonyl (C=O) groups excluding carboxylic acids is 1. The van der Waals surface area contributed by atoms with Crippen molar-refractivity contribution in [3.8, 4) is 0 Å². The fraction of sp³-hybridized carbons (Fsp3) is 0.450. The maximum atomic E-state index is 12.5. The third-order valence-electron chi connectivity index (χ3n) is 5.02. The number of halogens is 1. The van der Waals surface area contributed by atoms with Crippen molar-refractivity contribution in [3.05, 3.63) is 46.1 Å². The van der Waals surface area contributed by atoms with Gasteiger partial charge in [-0.1, -0.05) is 11.6 Å². The Bertz CT molecular complexity index is 867. The zero-order valence-electron chi connectivity index (χ0n) is 15.8. The van der Waals surface area contributed by atoms with Gasteiger partial charge in [0.25, 0.3) is 5.91 Å². The fourth-order valence-electron chi connectivity index (χ4n) is 3.47. The van der Waals surface area contributed by atoms with E-state index in [-0.39, 0.29) is 17.9 Å². The van der Waals surface area contributed by atoms with Crippen LogP contribution in [0.5, 0.6) is 0 Å². The second-order valence-corrected chi connectivity index (χ2v) is 7.75. The number of nitrogen functional groups attached to an aromatic ring is 1. The number of hydrogen-bond acceptors (Lipinski definition) is 6. The van der Waals surface area contributed by atoms with Crippen LogP contribution in [-0.4, -0.2) is 41.7 Å². The number of ether oxygens (including phenoxy) is 1. The van der Waals surface area contributed by atoms with Crippen LogP contribution in [0.1, 0.15) is 46.9 Å². The highest BCUT2D eigenvalue weighted by Gasteiger charge is 2.29. The van der Waals surface area contributed by atoms with E-state index in [1.54, 1.807) is 12.1 Å². The Morgan fingerprint density at radius 3 is 2.89 bits per heavy atom. The lowest BCUT2D eigenvalue weighted by Crippen LogP contribution is -2.32. The van der Waals surface area contributed by atoms with Crippen LogP contribution in [0.4, 0.5) is 11.8 Å². The average molecular weight is 402 g/mol. The van der Waals surface area contributed by atoms with Gasteiger partial charge in [0.15, 0.2) is 0 Å². The average Bonchev–Trinajstić information content (AvgIpc) is 3.47. The van der Waals surface area contributed by atoms with E-state index in [0.29, 0.717) is 29.8 Å². The second kappa shape index (κ2) is 7.93. The number of hydrogen-bond donors (Lipinski definition) is 2. The summed E-state index contributed by atoms with van der Waals surface area (Å²) in [5, 5.41) is 3.63. The summed E-state index contributed by atoms with van der Waals surface area (Å²) in [5.41, 5.74) is 8.13. The van der Waals surface area contributed by atoms with Gasteiger partial charge in [-0.25, -0.2) is 4.98 Å². The Morgan fingerprint density at radius 2 is 2.14 bits per heavy atom. The summed E-state index contributed by atoms with van der Waals surface area (Å²) in [5.74, 6) is 0.913. The molecule has 2 heterocycles. The summed E-state index contributed by atoms with van der Waals surface area (Å²) in [6, 6.07) is 7.45. The lowest BCUT2D eigenvalue weighted by atomic mass is 10.0. The number of anilines is 2. The molecule has 1 aromatic carbocycles. The van der Waals surface area contributed by atoms with Crippen molar-refractivity contribution in [1.82, 2.24) is 15.3 Å². The van der Waals surface area contributed by atoms with Crippen LogP contribution in [0.2, 0.25) is 5.02 Å². The van der Waals surface area contributed by atoms with Crippen molar-refractivity contribution in [2.24, 2.45) is 0 Å². The van der Waals surface area contributed by atoms with E-state index in [4.69, 9.17) is 22.1 Å². The summed E-state index contributed by atoms with van der Waals surface area (Å²) >= 11 is 6.55. The maximum Gasteiger partial charge on any atom is 0.251 e. The molecule has 2 fully saturated rings. The van der Waals surface area contributed by atoms with E-state index in [2.05, 4.69) is 20.2 Å². The van der Waals surface area contributed by atoms with Crippen molar-refractivity contribution in [3.63, 3.8) is 0 Å². The summed E-state index contributed by atoms with van der Waals surface area (Å²) in [4.78, 5) is 23.2. The number of nitrogens with zero attached hydrogens (tertiary/aromatic N) is 3. The van der Waals surface area contributed by atoms with Gasteiger partial charge in [-0.3, -0.25) is 4.79 Å². The molecule has 1 saturated heterocycles. The normalized spacial score (nSPS) is 19.9. The fourth-order valence-corrected chi connectivity index (χ4v) is 3.71. The van der Waals surface area contributed by atoms with Crippen LogP contribution in [0.3, 0.4) is 0 Å². The highest BCUT2D eigenvalue weighted by molar-refractivity contribution is 6.31. The predicted molar refractivity (Wildman–Crippen MR) is 109 cm³/mol. The summed E-state index contributed by atoms with van der Waals surface area (Å²) in [6.07, 6.45) is 2.95. The zero-order valence-corrected chi connectivity index (χ0v) is 16.6. The molecular weight excluding hydrogens is 378 g/mol. The number of aryl methyl sites for hydroxylation is 1.